The molecule has 5 rings (SSSR count). The van der Waals surface area contributed by atoms with Crippen LogP contribution in [0.1, 0.15) is 61.4 Å². The number of hydrogen-bond acceptors (Lipinski definition) is 8. The Kier molecular flexibility index (Phi) is 8.29. The molecule has 0 radical (unpaired) electrons. The van der Waals surface area contributed by atoms with E-state index >= 15 is 0 Å². The number of likely N-dealkylation sites (tertiary alicyclic amines) is 2. The highest BCUT2D eigenvalue weighted by Crippen LogP contribution is 2.26. The van der Waals surface area contributed by atoms with Gasteiger partial charge in [0.25, 0.3) is 5.91 Å². The number of aromatic nitrogens is 4. The molecular formula is C29H38N8O3. The van der Waals surface area contributed by atoms with E-state index < -0.39 is 0 Å². The molecule has 4 heterocycles. The number of nitrogens with one attached hydrogen (secondary N) is 2. The number of fused-ring (bicyclic) bond motifs is 1. The molecule has 11 heteroatoms. The minimum atomic E-state index is -0.193. The fraction of sp³-hybridized carbons (Fsp3) is 0.483. The number of piperidine rings is 2. The third-order valence-electron chi connectivity index (χ3n) is 7.56. The summed E-state index contributed by atoms with van der Waals surface area (Å²) in [6.45, 7) is 10.9. The maximum atomic E-state index is 13.1. The number of anilines is 2. The third kappa shape index (κ3) is 6.25. The molecule has 0 spiro atoms. The largest absolute Gasteiger partial charge is 0.460 e. The number of hydrogen-bond donors (Lipinski definition) is 2. The zero-order valence-electron chi connectivity index (χ0n) is 23.5. The number of carbonyl (C=O) groups excluding carboxylic acids is 2. The van der Waals surface area contributed by atoms with Gasteiger partial charge < -0.3 is 25.2 Å². The van der Waals surface area contributed by atoms with Crippen molar-refractivity contribution in [3.8, 4) is 6.01 Å². The number of amides is 2. The van der Waals surface area contributed by atoms with Crippen LogP contribution in [0.5, 0.6) is 6.01 Å². The van der Waals surface area contributed by atoms with Gasteiger partial charge >= 0.3 is 6.01 Å². The molecule has 2 aliphatic rings. The predicted octanol–water partition coefficient (Wildman–Crippen LogP) is 3.37. The number of rotatable bonds is 8. The summed E-state index contributed by atoms with van der Waals surface area (Å²) in [5, 5.41) is 11.0. The number of nitrogens with zero attached hydrogens (tertiary/aromatic N) is 6. The van der Waals surface area contributed by atoms with Crippen molar-refractivity contribution in [2.24, 2.45) is 0 Å². The lowest BCUT2D eigenvalue weighted by atomic mass is 10.0. The quantitative estimate of drug-likeness (QED) is 0.413. The monoisotopic (exact) mass is 546 g/mol. The predicted molar refractivity (Wildman–Crippen MR) is 153 cm³/mol. The van der Waals surface area contributed by atoms with Gasteiger partial charge in [-0.25, -0.2) is 0 Å². The van der Waals surface area contributed by atoms with Crippen LogP contribution in [0.4, 0.5) is 11.6 Å². The summed E-state index contributed by atoms with van der Waals surface area (Å²) >= 11 is 0. The molecule has 3 aromatic rings. The summed E-state index contributed by atoms with van der Waals surface area (Å²) in [5.74, 6) is 0.380. The molecule has 2 amide bonds. The summed E-state index contributed by atoms with van der Waals surface area (Å²) in [4.78, 5) is 38.6. The SMILES string of the molecule is C=CC(=O)N1CCCC(NC(=O)c2cccc(Nc3nc(OC4CCN(C)CC4)nc4c(C(C)C)cnn34)c2)C1. The molecule has 2 saturated heterocycles. The van der Waals surface area contributed by atoms with Gasteiger partial charge in [0.1, 0.15) is 6.10 Å². The topological polar surface area (TPSA) is 117 Å². The van der Waals surface area contributed by atoms with Crippen molar-refractivity contribution >= 4 is 29.1 Å². The molecule has 2 aliphatic heterocycles. The number of benzene rings is 1. The maximum Gasteiger partial charge on any atom is 0.322 e. The van der Waals surface area contributed by atoms with Crippen molar-refractivity contribution in [1.29, 1.82) is 0 Å². The summed E-state index contributed by atoms with van der Waals surface area (Å²) < 4.78 is 7.92. The molecule has 0 aliphatic carbocycles. The highest BCUT2D eigenvalue weighted by Gasteiger charge is 2.25. The first kappa shape index (κ1) is 27.6. The van der Waals surface area contributed by atoms with Crippen molar-refractivity contribution in [3.63, 3.8) is 0 Å². The Hall–Kier alpha value is -3.99. The van der Waals surface area contributed by atoms with E-state index in [1.54, 1.807) is 21.5 Å². The van der Waals surface area contributed by atoms with Crippen LogP contribution in [-0.4, -0.2) is 86.6 Å². The Morgan fingerprint density at radius 2 is 1.95 bits per heavy atom. The molecule has 11 nitrogen and oxygen atoms in total. The molecule has 2 fully saturated rings. The van der Waals surface area contributed by atoms with Gasteiger partial charge in [-0.05, 0) is 62.9 Å². The minimum Gasteiger partial charge on any atom is -0.460 e. The van der Waals surface area contributed by atoms with Gasteiger partial charge in [-0.2, -0.15) is 19.6 Å². The van der Waals surface area contributed by atoms with Gasteiger partial charge in [0.15, 0.2) is 5.65 Å². The summed E-state index contributed by atoms with van der Waals surface area (Å²) in [7, 11) is 2.12. The number of carbonyl (C=O) groups is 2. The summed E-state index contributed by atoms with van der Waals surface area (Å²) in [6, 6.07) is 7.45. The van der Waals surface area contributed by atoms with Gasteiger partial charge in [0.05, 0.1) is 6.20 Å². The van der Waals surface area contributed by atoms with Gasteiger partial charge in [0, 0.05) is 49.0 Å². The van der Waals surface area contributed by atoms with Crippen molar-refractivity contribution in [2.45, 2.75) is 57.6 Å². The van der Waals surface area contributed by atoms with E-state index in [2.05, 4.69) is 53.1 Å². The molecule has 0 saturated carbocycles. The lowest BCUT2D eigenvalue weighted by molar-refractivity contribution is -0.127. The average molecular weight is 547 g/mol. The van der Waals surface area contributed by atoms with E-state index in [1.807, 2.05) is 18.3 Å². The fourth-order valence-electron chi connectivity index (χ4n) is 5.23. The van der Waals surface area contributed by atoms with Crippen LogP contribution < -0.4 is 15.4 Å². The van der Waals surface area contributed by atoms with E-state index in [1.165, 1.54) is 6.08 Å². The van der Waals surface area contributed by atoms with Crippen LogP contribution >= 0.6 is 0 Å². The van der Waals surface area contributed by atoms with Crippen LogP contribution in [0.3, 0.4) is 0 Å². The second kappa shape index (κ2) is 12.0. The Morgan fingerprint density at radius 1 is 1.15 bits per heavy atom. The first-order chi connectivity index (χ1) is 19.3. The van der Waals surface area contributed by atoms with E-state index in [4.69, 9.17) is 9.72 Å². The zero-order chi connectivity index (χ0) is 28.2. The van der Waals surface area contributed by atoms with Crippen LogP contribution in [0.2, 0.25) is 0 Å². The smallest absolute Gasteiger partial charge is 0.322 e. The molecule has 0 bridgehead atoms. The van der Waals surface area contributed by atoms with Crippen LogP contribution in [-0.2, 0) is 4.79 Å². The Balaban J connectivity index is 1.35. The minimum absolute atomic E-state index is 0.0569. The average Bonchev–Trinajstić information content (AvgIpc) is 3.39. The summed E-state index contributed by atoms with van der Waals surface area (Å²) in [6.07, 6.45) is 6.68. The molecule has 1 unspecified atom stereocenters. The lowest BCUT2D eigenvalue weighted by Crippen LogP contribution is -2.49. The van der Waals surface area contributed by atoms with Crippen LogP contribution in [0.25, 0.3) is 5.65 Å². The molecule has 2 aromatic heterocycles. The molecule has 212 valence electrons. The molecule has 2 N–H and O–H groups in total. The first-order valence-electron chi connectivity index (χ1n) is 14.0. The van der Waals surface area contributed by atoms with E-state index in [0.717, 1.165) is 44.3 Å². The van der Waals surface area contributed by atoms with E-state index in [0.29, 0.717) is 41.9 Å². The normalized spacial score (nSPS) is 18.6. The third-order valence-corrected chi connectivity index (χ3v) is 7.56. The number of ether oxygens (including phenoxy) is 1. The van der Waals surface area contributed by atoms with E-state index in [-0.39, 0.29) is 29.9 Å². The highest BCUT2D eigenvalue weighted by atomic mass is 16.5. The van der Waals surface area contributed by atoms with Gasteiger partial charge in [0.2, 0.25) is 11.9 Å². The van der Waals surface area contributed by atoms with Crippen molar-refractivity contribution < 1.29 is 14.3 Å². The lowest BCUT2D eigenvalue weighted by Gasteiger charge is -2.32. The standard InChI is InChI=1S/C29H38N8O3/c1-5-25(38)36-13-7-10-22(18-36)31-27(39)20-8-6-9-21(16-20)32-28-34-29(40-23-11-14-35(4)15-12-23)33-26-24(19(2)3)17-30-37(26)28/h5-6,8-9,16-17,19,22-23H,1,7,10-15,18H2,2-4H3,(H,31,39)(H,32,33,34). The van der Waals surface area contributed by atoms with Gasteiger partial charge in [-0.15, -0.1) is 0 Å². The van der Waals surface area contributed by atoms with Crippen molar-refractivity contribution in [3.05, 3.63) is 54.2 Å². The molecule has 1 atom stereocenters. The van der Waals surface area contributed by atoms with Crippen LogP contribution in [0, 0.1) is 0 Å². The Morgan fingerprint density at radius 3 is 2.70 bits per heavy atom. The molecule has 1 aromatic carbocycles. The first-order valence-corrected chi connectivity index (χ1v) is 14.0. The molecule has 40 heavy (non-hydrogen) atoms. The summed E-state index contributed by atoms with van der Waals surface area (Å²) in [5.41, 5.74) is 2.89. The Labute approximate surface area is 234 Å². The van der Waals surface area contributed by atoms with Gasteiger partial charge in [-0.1, -0.05) is 26.5 Å². The molecular weight excluding hydrogens is 508 g/mol. The second-order valence-electron chi connectivity index (χ2n) is 10.9. The van der Waals surface area contributed by atoms with Crippen molar-refractivity contribution in [1.82, 2.24) is 34.7 Å². The second-order valence-corrected chi connectivity index (χ2v) is 10.9. The fourth-order valence-corrected chi connectivity index (χ4v) is 5.23. The maximum absolute atomic E-state index is 13.1. The zero-order valence-corrected chi connectivity index (χ0v) is 23.5. The van der Waals surface area contributed by atoms with Gasteiger partial charge in [-0.3, -0.25) is 9.59 Å². The van der Waals surface area contributed by atoms with E-state index in [9.17, 15) is 9.59 Å². The van der Waals surface area contributed by atoms with Crippen LogP contribution in [0.15, 0.2) is 43.1 Å². The van der Waals surface area contributed by atoms with Crippen molar-refractivity contribution in [2.75, 3.05) is 38.5 Å². The highest BCUT2D eigenvalue weighted by molar-refractivity contribution is 5.95. The Bertz CT molecular complexity index is 1380.